The maximum Gasteiger partial charge on any atom is 0.225 e. The van der Waals surface area contributed by atoms with E-state index in [9.17, 15) is 14.0 Å². The second kappa shape index (κ2) is 9.12. The van der Waals surface area contributed by atoms with E-state index < -0.39 is 0 Å². The number of hydrogen-bond donors (Lipinski definition) is 1. The van der Waals surface area contributed by atoms with E-state index in [1.165, 1.54) is 12.1 Å². The summed E-state index contributed by atoms with van der Waals surface area (Å²) >= 11 is 0. The molecule has 1 aromatic rings. The van der Waals surface area contributed by atoms with Crippen LogP contribution < -0.4 is 5.32 Å². The predicted molar refractivity (Wildman–Crippen MR) is 100 cm³/mol. The van der Waals surface area contributed by atoms with Crippen LogP contribution in [0.1, 0.15) is 44.7 Å². The Balaban J connectivity index is 1.97. The van der Waals surface area contributed by atoms with Gasteiger partial charge < -0.3 is 15.1 Å². The van der Waals surface area contributed by atoms with Crippen molar-refractivity contribution in [2.24, 2.45) is 5.92 Å². The molecule has 0 aromatic heterocycles. The fourth-order valence-corrected chi connectivity index (χ4v) is 3.64. The van der Waals surface area contributed by atoms with E-state index in [4.69, 9.17) is 0 Å². The van der Waals surface area contributed by atoms with E-state index in [0.717, 1.165) is 18.4 Å². The fraction of sp³-hybridized carbons (Fsp3) is 0.600. The van der Waals surface area contributed by atoms with E-state index in [0.29, 0.717) is 13.1 Å². The Hall–Kier alpha value is -1.95. The third-order valence-electron chi connectivity index (χ3n) is 5.24. The van der Waals surface area contributed by atoms with Crippen LogP contribution in [0.15, 0.2) is 24.3 Å². The number of halogens is 1. The Labute approximate surface area is 155 Å². The van der Waals surface area contributed by atoms with E-state index in [2.05, 4.69) is 19.2 Å². The van der Waals surface area contributed by atoms with Crippen molar-refractivity contribution in [2.45, 2.75) is 45.2 Å². The van der Waals surface area contributed by atoms with Crippen LogP contribution in [0.3, 0.4) is 0 Å². The molecule has 2 amide bonds. The molecule has 5 nitrogen and oxygen atoms in total. The molecule has 2 atom stereocenters. The van der Waals surface area contributed by atoms with Crippen molar-refractivity contribution in [3.63, 3.8) is 0 Å². The molecule has 1 saturated heterocycles. The highest BCUT2D eigenvalue weighted by Gasteiger charge is 2.37. The van der Waals surface area contributed by atoms with Crippen LogP contribution in [0.2, 0.25) is 0 Å². The highest BCUT2D eigenvalue weighted by molar-refractivity contribution is 5.89. The molecule has 1 heterocycles. The summed E-state index contributed by atoms with van der Waals surface area (Å²) in [6.07, 6.45) is 2.08. The number of nitrogens with one attached hydrogen (secondary N) is 1. The number of likely N-dealkylation sites (N-methyl/N-ethyl adjacent to an activating group) is 1. The van der Waals surface area contributed by atoms with Gasteiger partial charge in [0.2, 0.25) is 11.8 Å². The number of amides is 2. The number of likely N-dealkylation sites (tertiary alicyclic amines) is 1. The molecule has 1 N–H and O–H groups in total. The van der Waals surface area contributed by atoms with Crippen LogP contribution in [0, 0.1) is 11.7 Å². The summed E-state index contributed by atoms with van der Waals surface area (Å²) in [6.45, 7) is 5.00. The minimum Gasteiger partial charge on any atom is -0.354 e. The highest BCUT2D eigenvalue weighted by Crippen LogP contribution is 2.24. The van der Waals surface area contributed by atoms with Crippen molar-refractivity contribution in [1.29, 1.82) is 0 Å². The first-order valence-corrected chi connectivity index (χ1v) is 9.36. The van der Waals surface area contributed by atoms with E-state index in [1.807, 2.05) is 30.0 Å². The van der Waals surface area contributed by atoms with Crippen molar-refractivity contribution in [2.75, 3.05) is 27.2 Å². The highest BCUT2D eigenvalue weighted by atomic mass is 19.1. The molecular formula is C20H30FN3O2. The lowest BCUT2D eigenvalue weighted by Crippen LogP contribution is -2.40. The molecule has 144 valence electrons. The maximum absolute atomic E-state index is 13.5. The average Bonchev–Trinajstić information content (AvgIpc) is 2.98. The monoisotopic (exact) mass is 363 g/mol. The summed E-state index contributed by atoms with van der Waals surface area (Å²) < 4.78 is 13.5. The molecule has 26 heavy (non-hydrogen) atoms. The van der Waals surface area contributed by atoms with Crippen LogP contribution in [0.5, 0.6) is 0 Å². The standard InChI is InChI=1S/C20H30FN3O2/c1-5-17(6-2)24-13-15(11-19(24)25)20(26)22-12-18(23(3)4)14-8-7-9-16(21)10-14/h7-10,15,17-18H,5-6,11-13H2,1-4H3,(H,22,26). The van der Waals surface area contributed by atoms with E-state index in [-0.39, 0.29) is 42.1 Å². The lowest BCUT2D eigenvalue weighted by molar-refractivity contribution is -0.130. The largest absolute Gasteiger partial charge is 0.354 e. The van der Waals surface area contributed by atoms with Crippen LogP contribution in [0.4, 0.5) is 4.39 Å². The number of carbonyl (C=O) groups excluding carboxylic acids is 2. The Bertz CT molecular complexity index is 631. The van der Waals surface area contributed by atoms with Gasteiger partial charge in [0.15, 0.2) is 0 Å². The van der Waals surface area contributed by atoms with Gasteiger partial charge in [0, 0.05) is 25.6 Å². The Kier molecular flexibility index (Phi) is 7.14. The van der Waals surface area contributed by atoms with Gasteiger partial charge >= 0.3 is 0 Å². The van der Waals surface area contributed by atoms with Gasteiger partial charge in [-0.2, -0.15) is 0 Å². The van der Waals surface area contributed by atoms with Crippen LogP contribution in [0.25, 0.3) is 0 Å². The first-order chi connectivity index (χ1) is 12.4. The van der Waals surface area contributed by atoms with Gasteiger partial charge in [-0.15, -0.1) is 0 Å². The number of nitrogens with zero attached hydrogens (tertiary/aromatic N) is 2. The minimum absolute atomic E-state index is 0.0631. The average molecular weight is 363 g/mol. The minimum atomic E-state index is -0.307. The molecule has 1 aliphatic heterocycles. The van der Waals surface area contributed by atoms with Crippen LogP contribution in [-0.2, 0) is 9.59 Å². The van der Waals surface area contributed by atoms with Gasteiger partial charge in [0.1, 0.15) is 5.82 Å². The van der Waals surface area contributed by atoms with Crippen molar-refractivity contribution in [3.05, 3.63) is 35.6 Å². The molecule has 2 rings (SSSR count). The lowest BCUT2D eigenvalue weighted by Gasteiger charge is -2.27. The van der Waals surface area contributed by atoms with Gasteiger partial charge in [0.25, 0.3) is 0 Å². The SMILES string of the molecule is CCC(CC)N1CC(C(=O)NCC(c2cccc(F)c2)N(C)C)CC1=O. The van der Waals surface area contributed by atoms with Crippen LogP contribution >= 0.6 is 0 Å². The molecule has 0 radical (unpaired) electrons. The summed E-state index contributed by atoms with van der Waals surface area (Å²) in [6, 6.07) is 6.51. The molecule has 2 unspecified atom stereocenters. The number of hydrogen-bond acceptors (Lipinski definition) is 3. The Morgan fingerprint density at radius 1 is 1.35 bits per heavy atom. The summed E-state index contributed by atoms with van der Waals surface area (Å²) in [5.41, 5.74) is 0.816. The van der Waals surface area contributed by atoms with Gasteiger partial charge in [-0.05, 0) is 44.6 Å². The zero-order valence-electron chi connectivity index (χ0n) is 16.2. The molecule has 0 aliphatic carbocycles. The first-order valence-electron chi connectivity index (χ1n) is 9.36. The molecule has 0 spiro atoms. The predicted octanol–water partition coefficient (Wildman–Crippen LogP) is 2.58. The number of rotatable bonds is 8. The normalized spacial score (nSPS) is 18.7. The van der Waals surface area contributed by atoms with Gasteiger partial charge in [-0.3, -0.25) is 9.59 Å². The van der Waals surface area contributed by atoms with Crippen molar-refractivity contribution in [1.82, 2.24) is 15.1 Å². The summed E-state index contributed by atoms with van der Waals surface area (Å²) in [5.74, 6) is -0.635. The van der Waals surface area contributed by atoms with Crippen molar-refractivity contribution >= 4 is 11.8 Å². The number of carbonyl (C=O) groups is 2. The topological polar surface area (TPSA) is 52.7 Å². The zero-order chi connectivity index (χ0) is 19.3. The van der Waals surface area contributed by atoms with Crippen molar-refractivity contribution < 1.29 is 14.0 Å². The van der Waals surface area contributed by atoms with Crippen molar-refractivity contribution in [3.8, 4) is 0 Å². The second-order valence-corrected chi connectivity index (χ2v) is 7.20. The van der Waals surface area contributed by atoms with E-state index >= 15 is 0 Å². The molecule has 0 bridgehead atoms. The van der Waals surface area contributed by atoms with Gasteiger partial charge in [0.05, 0.1) is 12.0 Å². The molecule has 6 heteroatoms. The molecule has 1 fully saturated rings. The fourth-order valence-electron chi connectivity index (χ4n) is 3.64. The Morgan fingerprint density at radius 3 is 2.62 bits per heavy atom. The van der Waals surface area contributed by atoms with Crippen LogP contribution in [-0.4, -0.2) is 54.8 Å². The lowest BCUT2D eigenvalue weighted by atomic mass is 10.0. The first kappa shape index (κ1) is 20.4. The maximum atomic E-state index is 13.5. The summed E-state index contributed by atoms with van der Waals surface area (Å²) in [4.78, 5) is 28.6. The summed E-state index contributed by atoms with van der Waals surface area (Å²) in [7, 11) is 3.80. The number of benzene rings is 1. The zero-order valence-corrected chi connectivity index (χ0v) is 16.2. The third kappa shape index (κ3) is 4.81. The quantitative estimate of drug-likeness (QED) is 0.772. The Morgan fingerprint density at radius 2 is 2.04 bits per heavy atom. The van der Waals surface area contributed by atoms with Gasteiger partial charge in [-0.1, -0.05) is 26.0 Å². The molecule has 1 aromatic carbocycles. The second-order valence-electron chi connectivity index (χ2n) is 7.20. The van der Waals surface area contributed by atoms with E-state index in [1.54, 1.807) is 6.07 Å². The molecule has 0 saturated carbocycles. The summed E-state index contributed by atoms with van der Waals surface area (Å²) in [5, 5.41) is 2.96. The molecule has 1 aliphatic rings. The smallest absolute Gasteiger partial charge is 0.225 e. The van der Waals surface area contributed by atoms with Gasteiger partial charge in [-0.25, -0.2) is 4.39 Å². The third-order valence-corrected chi connectivity index (χ3v) is 5.24. The molecular weight excluding hydrogens is 333 g/mol.